The van der Waals surface area contributed by atoms with Crippen molar-refractivity contribution < 1.29 is 18.8 Å². The Balaban J connectivity index is 2.35. The summed E-state index contributed by atoms with van der Waals surface area (Å²) in [6, 6.07) is 5.47. The van der Waals surface area contributed by atoms with E-state index in [1.165, 1.54) is 0 Å². The van der Waals surface area contributed by atoms with Crippen LogP contribution in [0.1, 0.15) is 58.8 Å². The molecule has 0 unspecified atom stereocenters. The lowest BCUT2D eigenvalue weighted by molar-refractivity contribution is 0.00578. The Hall–Kier alpha value is -1.53. The lowest BCUT2D eigenvalue weighted by atomic mass is 9.78. The fraction of sp³-hybridized carbons (Fsp3) is 0.611. The minimum absolute atomic E-state index is 0.364. The molecular formula is C18H28BNO4. The Bertz CT molecular complexity index is 618. The van der Waals surface area contributed by atoms with Gasteiger partial charge in [0.05, 0.1) is 16.8 Å². The molecule has 1 saturated heterocycles. The maximum atomic E-state index is 12.4. The van der Waals surface area contributed by atoms with Gasteiger partial charge in [-0.2, -0.15) is 0 Å². The van der Waals surface area contributed by atoms with Crippen LogP contribution in [0.5, 0.6) is 0 Å². The summed E-state index contributed by atoms with van der Waals surface area (Å²) < 4.78 is 17.6. The predicted molar refractivity (Wildman–Crippen MR) is 96.9 cm³/mol. The zero-order valence-corrected chi connectivity index (χ0v) is 15.9. The highest BCUT2D eigenvalue weighted by atomic mass is 16.7. The number of hydrogen-bond donors (Lipinski definition) is 1. The van der Waals surface area contributed by atoms with Crippen LogP contribution < -0.4 is 10.8 Å². The molecule has 0 aromatic heterocycles. The third kappa shape index (κ3) is 3.93. The maximum absolute atomic E-state index is 12.4. The van der Waals surface area contributed by atoms with Gasteiger partial charge in [0, 0.05) is 12.7 Å². The number of rotatable bonds is 3. The van der Waals surface area contributed by atoms with E-state index in [0.717, 1.165) is 11.2 Å². The van der Waals surface area contributed by atoms with Crippen molar-refractivity contribution in [3.63, 3.8) is 0 Å². The van der Waals surface area contributed by atoms with Crippen molar-refractivity contribution in [1.82, 2.24) is 0 Å². The standard InChI is InChI=1S/C18H28BNO4/c1-16(2,3)22-15(21)12-9-13(11-14(10-12)20-8)19-23-17(4,5)18(6,7)24-19/h9-11,20H,1-8H3. The Morgan fingerprint density at radius 3 is 2.08 bits per heavy atom. The van der Waals surface area contributed by atoms with E-state index >= 15 is 0 Å². The minimum Gasteiger partial charge on any atom is -0.456 e. The van der Waals surface area contributed by atoms with Gasteiger partial charge in [-0.1, -0.05) is 0 Å². The topological polar surface area (TPSA) is 56.8 Å². The van der Waals surface area contributed by atoms with Gasteiger partial charge in [-0.3, -0.25) is 0 Å². The molecule has 132 valence electrons. The first kappa shape index (κ1) is 18.8. The quantitative estimate of drug-likeness (QED) is 0.681. The molecule has 0 saturated carbocycles. The van der Waals surface area contributed by atoms with E-state index < -0.39 is 23.9 Å². The van der Waals surface area contributed by atoms with Crippen molar-refractivity contribution in [2.75, 3.05) is 12.4 Å². The van der Waals surface area contributed by atoms with Crippen molar-refractivity contribution in [2.45, 2.75) is 65.3 Å². The van der Waals surface area contributed by atoms with E-state index in [0.29, 0.717) is 5.56 Å². The molecule has 0 bridgehead atoms. The highest BCUT2D eigenvalue weighted by Gasteiger charge is 2.51. The molecule has 1 fully saturated rings. The van der Waals surface area contributed by atoms with E-state index in [2.05, 4.69) is 5.32 Å². The van der Waals surface area contributed by atoms with Gasteiger partial charge in [0.15, 0.2) is 0 Å². The van der Waals surface area contributed by atoms with Crippen LogP contribution >= 0.6 is 0 Å². The smallest absolute Gasteiger partial charge is 0.456 e. The van der Waals surface area contributed by atoms with Crippen LogP contribution in [0.2, 0.25) is 0 Å². The minimum atomic E-state index is -0.544. The molecule has 6 heteroatoms. The highest BCUT2D eigenvalue weighted by molar-refractivity contribution is 6.62. The van der Waals surface area contributed by atoms with Crippen molar-refractivity contribution in [1.29, 1.82) is 0 Å². The van der Waals surface area contributed by atoms with Gasteiger partial charge >= 0.3 is 13.1 Å². The normalized spacial score (nSPS) is 19.2. The Labute approximate surface area is 145 Å². The van der Waals surface area contributed by atoms with Crippen LogP contribution in [0.15, 0.2) is 18.2 Å². The molecule has 0 atom stereocenters. The number of benzene rings is 1. The molecule has 1 aromatic rings. The van der Waals surface area contributed by atoms with Crippen molar-refractivity contribution in [3.05, 3.63) is 23.8 Å². The molecule has 1 heterocycles. The SMILES string of the molecule is CNc1cc(B2OC(C)(C)C(C)(C)O2)cc(C(=O)OC(C)(C)C)c1. The van der Waals surface area contributed by atoms with Crippen molar-refractivity contribution in [2.24, 2.45) is 0 Å². The largest absolute Gasteiger partial charge is 0.494 e. The summed E-state index contributed by atoms with van der Waals surface area (Å²) in [7, 11) is 1.28. The van der Waals surface area contributed by atoms with E-state index in [4.69, 9.17) is 14.0 Å². The van der Waals surface area contributed by atoms with Crippen molar-refractivity contribution in [3.8, 4) is 0 Å². The maximum Gasteiger partial charge on any atom is 0.494 e. The lowest BCUT2D eigenvalue weighted by Gasteiger charge is -2.32. The summed E-state index contributed by atoms with van der Waals surface area (Å²) in [6.07, 6.45) is 0. The second-order valence-electron chi connectivity index (χ2n) is 8.18. The number of hydrogen-bond acceptors (Lipinski definition) is 5. The van der Waals surface area contributed by atoms with Gasteiger partial charge in [0.1, 0.15) is 5.60 Å². The molecule has 0 radical (unpaired) electrons. The Morgan fingerprint density at radius 2 is 1.62 bits per heavy atom. The van der Waals surface area contributed by atoms with E-state index in [1.807, 2.05) is 61.6 Å². The summed E-state index contributed by atoms with van der Waals surface area (Å²) in [6.45, 7) is 13.6. The highest BCUT2D eigenvalue weighted by Crippen LogP contribution is 2.36. The van der Waals surface area contributed by atoms with Crippen LogP contribution in [0, 0.1) is 0 Å². The third-order valence-corrected chi connectivity index (χ3v) is 4.40. The number of carbonyl (C=O) groups excluding carboxylic acids is 1. The second-order valence-corrected chi connectivity index (χ2v) is 8.18. The van der Waals surface area contributed by atoms with Crippen LogP contribution in [0.25, 0.3) is 0 Å². The van der Waals surface area contributed by atoms with Crippen LogP contribution in [0.3, 0.4) is 0 Å². The zero-order valence-electron chi connectivity index (χ0n) is 15.9. The molecule has 0 amide bonds. The molecule has 1 N–H and O–H groups in total. The van der Waals surface area contributed by atoms with E-state index in [-0.39, 0.29) is 5.97 Å². The molecule has 1 aromatic carbocycles. The van der Waals surface area contributed by atoms with Gasteiger partial charge in [0.2, 0.25) is 0 Å². The van der Waals surface area contributed by atoms with Gasteiger partial charge < -0.3 is 19.4 Å². The summed E-state index contributed by atoms with van der Waals surface area (Å²) in [5.74, 6) is -0.364. The Kier molecular flexibility index (Phi) is 4.77. The van der Waals surface area contributed by atoms with Crippen LogP contribution in [-0.2, 0) is 14.0 Å². The van der Waals surface area contributed by atoms with E-state index in [1.54, 1.807) is 12.1 Å². The number of esters is 1. The number of anilines is 1. The van der Waals surface area contributed by atoms with Gasteiger partial charge in [0.25, 0.3) is 0 Å². The predicted octanol–water partition coefficient (Wildman–Crippen LogP) is 2.98. The summed E-state index contributed by atoms with van der Waals surface area (Å²) in [5.41, 5.74) is 0.668. The van der Waals surface area contributed by atoms with Gasteiger partial charge in [-0.25, -0.2) is 4.79 Å². The second kappa shape index (κ2) is 6.08. The molecule has 2 rings (SSSR count). The average Bonchev–Trinajstić information content (AvgIpc) is 2.65. The molecule has 1 aliphatic heterocycles. The summed E-state index contributed by atoms with van der Waals surface area (Å²) in [4.78, 5) is 12.4. The fourth-order valence-corrected chi connectivity index (χ4v) is 2.37. The zero-order chi connectivity index (χ0) is 18.3. The van der Waals surface area contributed by atoms with Crippen molar-refractivity contribution >= 4 is 24.2 Å². The Morgan fingerprint density at radius 1 is 1.08 bits per heavy atom. The van der Waals surface area contributed by atoms with Crippen LogP contribution in [-0.4, -0.2) is 36.9 Å². The molecule has 1 aliphatic rings. The molecule has 5 nitrogen and oxygen atoms in total. The lowest BCUT2D eigenvalue weighted by Crippen LogP contribution is -2.41. The van der Waals surface area contributed by atoms with Gasteiger partial charge in [-0.15, -0.1) is 0 Å². The number of carbonyl (C=O) groups is 1. The first-order valence-corrected chi connectivity index (χ1v) is 8.26. The molecule has 24 heavy (non-hydrogen) atoms. The average molecular weight is 333 g/mol. The number of ether oxygens (including phenoxy) is 1. The first-order valence-electron chi connectivity index (χ1n) is 8.26. The number of nitrogens with one attached hydrogen (secondary N) is 1. The third-order valence-electron chi connectivity index (χ3n) is 4.40. The fourth-order valence-electron chi connectivity index (χ4n) is 2.37. The molecule has 0 aliphatic carbocycles. The van der Waals surface area contributed by atoms with E-state index in [9.17, 15) is 4.79 Å². The molecule has 0 spiro atoms. The summed E-state index contributed by atoms with van der Waals surface area (Å²) >= 11 is 0. The monoisotopic (exact) mass is 333 g/mol. The first-order chi connectivity index (χ1) is 10.8. The van der Waals surface area contributed by atoms with Gasteiger partial charge in [-0.05, 0) is 72.1 Å². The summed E-state index contributed by atoms with van der Waals surface area (Å²) in [5, 5.41) is 3.07. The van der Waals surface area contributed by atoms with Crippen LogP contribution in [0.4, 0.5) is 5.69 Å². The molecular weight excluding hydrogens is 305 g/mol.